The SMILES string of the molecule is COC(=O)NN=Cc1ccc(NC(=O)NCC(=O)[O-])cc1.[Na+]. The van der Waals surface area contributed by atoms with E-state index in [-0.39, 0.29) is 29.6 Å². The van der Waals surface area contributed by atoms with E-state index in [0.29, 0.717) is 11.3 Å². The number of hydrazone groups is 1. The maximum atomic E-state index is 11.3. The molecule has 1 aromatic carbocycles. The van der Waals surface area contributed by atoms with E-state index in [1.54, 1.807) is 24.3 Å². The number of methoxy groups -OCH3 is 1. The number of hydrogen-bond acceptors (Lipinski definition) is 6. The van der Waals surface area contributed by atoms with Crippen molar-refractivity contribution in [3.63, 3.8) is 0 Å². The number of carboxylic acid groups (broad SMARTS) is 1. The number of aliphatic carboxylic acids is 1. The van der Waals surface area contributed by atoms with Crippen LogP contribution in [0.15, 0.2) is 29.4 Å². The van der Waals surface area contributed by atoms with Gasteiger partial charge in [0.15, 0.2) is 0 Å². The summed E-state index contributed by atoms with van der Waals surface area (Å²) in [4.78, 5) is 32.2. The minimum atomic E-state index is -1.38. The fourth-order valence-corrected chi connectivity index (χ4v) is 1.19. The summed E-state index contributed by atoms with van der Waals surface area (Å²) >= 11 is 0. The van der Waals surface area contributed by atoms with Crippen LogP contribution in [0.5, 0.6) is 0 Å². The minimum Gasteiger partial charge on any atom is -0.548 e. The van der Waals surface area contributed by atoms with Crippen LogP contribution in [0, 0.1) is 0 Å². The van der Waals surface area contributed by atoms with E-state index in [0.717, 1.165) is 0 Å². The molecule has 0 fully saturated rings. The van der Waals surface area contributed by atoms with Crippen molar-refractivity contribution < 1.29 is 53.8 Å². The third-order valence-electron chi connectivity index (χ3n) is 2.12. The quantitative estimate of drug-likeness (QED) is 0.292. The maximum absolute atomic E-state index is 11.3. The van der Waals surface area contributed by atoms with Gasteiger partial charge in [0.05, 0.1) is 25.8 Å². The number of ether oxygens (including phenoxy) is 1. The zero-order chi connectivity index (χ0) is 15.7. The Morgan fingerprint density at radius 1 is 1.27 bits per heavy atom. The zero-order valence-corrected chi connectivity index (χ0v) is 14.1. The second kappa shape index (κ2) is 10.6. The summed E-state index contributed by atoms with van der Waals surface area (Å²) in [5, 5.41) is 18.3. The molecule has 0 radical (unpaired) electrons. The molecule has 1 rings (SSSR count). The normalized spacial score (nSPS) is 9.50. The van der Waals surface area contributed by atoms with Gasteiger partial charge in [-0.05, 0) is 17.7 Å². The molecule has 10 heteroatoms. The van der Waals surface area contributed by atoms with Crippen LogP contribution in [0.25, 0.3) is 0 Å². The largest absolute Gasteiger partial charge is 1.00 e. The van der Waals surface area contributed by atoms with Crippen molar-refractivity contribution >= 4 is 30.0 Å². The van der Waals surface area contributed by atoms with E-state index >= 15 is 0 Å². The molecule has 3 amide bonds. The number of anilines is 1. The summed E-state index contributed by atoms with van der Waals surface area (Å²) in [5.41, 5.74) is 3.26. The predicted molar refractivity (Wildman–Crippen MR) is 71.6 cm³/mol. The first kappa shape index (κ1) is 19.9. The molecule has 0 spiro atoms. The zero-order valence-electron chi connectivity index (χ0n) is 12.1. The Labute approximate surface area is 148 Å². The molecule has 3 N–H and O–H groups in total. The third kappa shape index (κ3) is 8.25. The number of nitrogens with one attached hydrogen (secondary N) is 3. The van der Waals surface area contributed by atoms with Gasteiger partial charge in [0.25, 0.3) is 0 Å². The molecule has 0 aliphatic carbocycles. The van der Waals surface area contributed by atoms with Gasteiger partial charge in [0.2, 0.25) is 0 Å². The van der Waals surface area contributed by atoms with E-state index in [1.165, 1.54) is 13.3 Å². The van der Waals surface area contributed by atoms with Crippen LogP contribution in [0.2, 0.25) is 0 Å². The molecule has 0 atom stereocenters. The first-order valence-electron chi connectivity index (χ1n) is 5.73. The Bertz CT molecular complexity index is 547. The molecule has 0 saturated carbocycles. The van der Waals surface area contributed by atoms with Gasteiger partial charge >= 0.3 is 41.7 Å². The standard InChI is InChI=1S/C12H14N4O5.Na/c1-21-12(20)16-14-6-8-2-4-9(5-3-8)15-11(19)13-7-10(17)18;/h2-6H,7H2,1H3,(H,16,20)(H,17,18)(H2,13,15,19);/q;+1/p-1. The monoisotopic (exact) mass is 316 g/mol. The molecule has 0 aliphatic heterocycles. The van der Waals surface area contributed by atoms with Crippen molar-refractivity contribution in [2.24, 2.45) is 5.10 Å². The number of rotatable bonds is 5. The van der Waals surface area contributed by atoms with E-state index in [9.17, 15) is 19.5 Å². The fraction of sp³-hybridized carbons (Fsp3) is 0.167. The van der Waals surface area contributed by atoms with Gasteiger partial charge in [-0.15, -0.1) is 0 Å². The Hall–Kier alpha value is -2.10. The van der Waals surface area contributed by atoms with Crippen molar-refractivity contribution in [1.29, 1.82) is 0 Å². The first-order valence-corrected chi connectivity index (χ1v) is 5.73. The topological polar surface area (TPSA) is 132 Å². The van der Waals surface area contributed by atoms with E-state index in [1.807, 2.05) is 0 Å². The second-order valence-corrected chi connectivity index (χ2v) is 3.66. The van der Waals surface area contributed by atoms with Crippen molar-refractivity contribution in [3.8, 4) is 0 Å². The summed E-state index contributed by atoms with van der Waals surface area (Å²) in [7, 11) is 1.22. The summed E-state index contributed by atoms with van der Waals surface area (Å²) in [5.74, 6) is -1.38. The molecule has 0 heterocycles. The average molecular weight is 316 g/mol. The summed E-state index contributed by atoms with van der Waals surface area (Å²) in [6, 6.07) is 5.78. The van der Waals surface area contributed by atoms with Gasteiger partial charge < -0.3 is 25.3 Å². The van der Waals surface area contributed by atoms with Gasteiger partial charge in [0.1, 0.15) is 0 Å². The third-order valence-corrected chi connectivity index (χ3v) is 2.12. The molecule has 0 bridgehead atoms. The molecule has 0 unspecified atom stereocenters. The van der Waals surface area contributed by atoms with Crippen molar-refractivity contribution in [3.05, 3.63) is 29.8 Å². The maximum Gasteiger partial charge on any atom is 1.00 e. The molecular weight excluding hydrogens is 303 g/mol. The number of urea groups is 1. The Balaban J connectivity index is 0.00000441. The van der Waals surface area contributed by atoms with Gasteiger partial charge in [-0.25, -0.2) is 15.0 Å². The number of carbonyl (C=O) groups excluding carboxylic acids is 3. The van der Waals surface area contributed by atoms with E-state index < -0.39 is 24.6 Å². The Morgan fingerprint density at radius 2 is 1.91 bits per heavy atom. The first-order chi connectivity index (χ1) is 10.0. The molecule has 22 heavy (non-hydrogen) atoms. The van der Waals surface area contributed by atoms with Crippen LogP contribution in [0.3, 0.4) is 0 Å². The van der Waals surface area contributed by atoms with Crippen LogP contribution in [0.1, 0.15) is 5.56 Å². The van der Waals surface area contributed by atoms with Crippen LogP contribution in [0.4, 0.5) is 15.3 Å². The molecule has 112 valence electrons. The molecule has 0 saturated heterocycles. The van der Waals surface area contributed by atoms with Gasteiger partial charge in [-0.3, -0.25) is 0 Å². The fourth-order valence-electron chi connectivity index (χ4n) is 1.19. The Kier molecular flexibility index (Phi) is 9.59. The number of carboxylic acids is 1. The molecule has 0 aromatic heterocycles. The number of hydrogen-bond donors (Lipinski definition) is 3. The summed E-state index contributed by atoms with van der Waals surface area (Å²) < 4.78 is 4.33. The Morgan fingerprint density at radius 3 is 2.45 bits per heavy atom. The summed E-state index contributed by atoms with van der Waals surface area (Å²) in [6.07, 6.45) is 0.700. The average Bonchev–Trinajstić information content (AvgIpc) is 2.46. The predicted octanol–water partition coefficient (Wildman–Crippen LogP) is -3.75. The van der Waals surface area contributed by atoms with Crippen LogP contribution in [-0.4, -0.2) is 38.0 Å². The minimum absolute atomic E-state index is 0. The molecule has 9 nitrogen and oxygen atoms in total. The van der Waals surface area contributed by atoms with Gasteiger partial charge in [-0.2, -0.15) is 5.10 Å². The molecule has 0 aliphatic rings. The number of benzene rings is 1. The smallest absolute Gasteiger partial charge is 0.548 e. The van der Waals surface area contributed by atoms with E-state index in [2.05, 4.69) is 25.9 Å². The van der Waals surface area contributed by atoms with Crippen LogP contribution < -0.4 is 50.7 Å². The van der Waals surface area contributed by atoms with Crippen molar-refractivity contribution in [2.75, 3.05) is 19.0 Å². The summed E-state index contributed by atoms with van der Waals surface area (Å²) in [6.45, 7) is -0.574. The number of amides is 3. The van der Waals surface area contributed by atoms with Gasteiger partial charge in [0, 0.05) is 5.69 Å². The number of carbonyl (C=O) groups is 3. The van der Waals surface area contributed by atoms with Crippen LogP contribution in [-0.2, 0) is 9.53 Å². The van der Waals surface area contributed by atoms with Crippen molar-refractivity contribution in [2.45, 2.75) is 0 Å². The molecular formula is C12H13N4NaO5. The van der Waals surface area contributed by atoms with E-state index in [4.69, 9.17) is 0 Å². The second-order valence-electron chi connectivity index (χ2n) is 3.66. The molecule has 1 aromatic rings. The van der Waals surface area contributed by atoms with Crippen molar-refractivity contribution in [1.82, 2.24) is 10.7 Å². The number of nitrogens with zero attached hydrogens (tertiary/aromatic N) is 1. The van der Waals surface area contributed by atoms with Crippen LogP contribution >= 0.6 is 0 Å². The van der Waals surface area contributed by atoms with Gasteiger partial charge in [-0.1, -0.05) is 12.1 Å².